The molecule has 100 valence electrons. The van der Waals surface area contributed by atoms with Crippen LogP contribution in [0.1, 0.15) is 20.8 Å². The van der Waals surface area contributed by atoms with Crippen molar-refractivity contribution in [2.75, 3.05) is 4.81 Å². The first-order chi connectivity index (χ1) is 10.8. The number of pyridine rings is 1. The molecule has 3 heteroatoms. The number of anilines is 2. The van der Waals surface area contributed by atoms with Gasteiger partial charge in [-0.1, -0.05) is 30.3 Å². The molecule has 1 aromatic heterocycles. The average Bonchev–Trinajstić information content (AvgIpc) is 2.48. The lowest BCUT2D eigenvalue weighted by molar-refractivity contribution is -0.658. The topological polar surface area (TPSA) is 7.12 Å². The summed E-state index contributed by atoms with van der Waals surface area (Å²) in [5, 5.41) is 0. The van der Waals surface area contributed by atoms with E-state index in [0.29, 0.717) is 5.56 Å². The molecule has 20 heavy (non-hydrogen) atoms. The lowest BCUT2D eigenvalue weighted by Crippen LogP contribution is -2.43. The number of para-hydroxylation sites is 1. The van der Waals surface area contributed by atoms with E-state index in [2.05, 4.69) is 35.8 Å². The van der Waals surface area contributed by atoms with Crippen LogP contribution in [-0.2, 0) is 7.05 Å². The summed E-state index contributed by atoms with van der Waals surface area (Å²) >= 11 is 0. The van der Waals surface area contributed by atoms with Crippen LogP contribution in [0.25, 0.3) is 6.08 Å². The van der Waals surface area contributed by atoms with E-state index in [-0.39, 0.29) is 6.85 Å². The van der Waals surface area contributed by atoms with Gasteiger partial charge in [-0.15, -0.1) is 0 Å². The van der Waals surface area contributed by atoms with E-state index >= 15 is 0 Å². The van der Waals surface area contributed by atoms with Gasteiger partial charge in [0, 0.05) is 15.7 Å². The Labute approximate surface area is 125 Å². The van der Waals surface area contributed by atoms with Gasteiger partial charge in [0.15, 0.2) is 0 Å². The van der Waals surface area contributed by atoms with Gasteiger partial charge >= 0.3 is 6.85 Å². The number of nitrogens with zero attached hydrogens (tertiary/aromatic N) is 2. The summed E-state index contributed by atoms with van der Waals surface area (Å²) in [5.74, 6) is 3.15. The number of hydrogen-bond donors (Lipinski definition) is 0. The third kappa shape index (κ3) is 2.03. The van der Waals surface area contributed by atoms with Crippen LogP contribution in [0.5, 0.6) is 0 Å². The number of fused-ring (bicyclic) bond motifs is 1. The molecule has 1 aromatic carbocycles. The molecule has 2 aromatic rings. The van der Waals surface area contributed by atoms with Crippen LogP contribution in [0.3, 0.4) is 0 Å². The second-order valence-corrected chi connectivity index (χ2v) is 5.37. The fraction of sp³-hybridized carbons (Fsp3) is 0.235. The van der Waals surface area contributed by atoms with Crippen LogP contribution < -0.4 is 9.38 Å². The third-order valence-corrected chi connectivity index (χ3v) is 3.86. The minimum absolute atomic E-state index is 0.203. The molecule has 0 saturated carbocycles. The summed E-state index contributed by atoms with van der Waals surface area (Å²) in [5.41, 5.74) is 3.50. The molecule has 0 saturated heterocycles. The Kier molecular flexibility index (Phi) is 2.37. The fourth-order valence-electron chi connectivity index (χ4n) is 2.70. The van der Waals surface area contributed by atoms with Gasteiger partial charge in [0.05, 0.1) is 13.2 Å². The van der Waals surface area contributed by atoms with Crippen molar-refractivity contribution in [3.63, 3.8) is 0 Å². The molecular formula is C17H20BN2+. The van der Waals surface area contributed by atoms with Crippen LogP contribution in [0, 0.1) is 13.8 Å². The number of hydrogen-bond acceptors (Lipinski definition) is 1. The highest BCUT2D eigenvalue weighted by Gasteiger charge is 2.32. The average molecular weight is 266 g/mol. The SMILES string of the molecule is [2H]C([2H])([2H])c1c[n+](C)c(N2B(C)C=Cc3ccccc32)cc1C. The van der Waals surface area contributed by atoms with Gasteiger partial charge in [0.2, 0.25) is 0 Å². The van der Waals surface area contributed by atoms with Crippen molar-refractivity contribution in [1.82, 2.24) is 0 Å². The van der Waals surface area contributed by atoms with Crippen molar-refractivity contribution in [2.24, 2.45) is 7.05 Å². The summed E-state index contributed by atoms with van der Waals surface area (Å²) in [4.78, 5) is 2.24. The highest BCUT2D eigenvalue weighted by Crippen LogP contribution is 2.32. The smallest absolute Gasteiger partial charge is 0.287 e. The second kappa shape index (κ2) is 4.82. The monoisotopic (exact) mass is 266 g/mol. The largest absolute Gasteiger partial charge is 0.402 e. The van der Waals surface area contributed by atoms with Gasteiger partial charge in [-0.25, -0.2) is 4.57 Å². The molecule has 0 N–H and O–H groups in total. The molecule has 2 nitrogen and oxygen atoms in total. The molecule has 1 aliphatic heterocycles. The van der Waals surface area contributed by atoms with Crippen LogP contribution in [0.15, 0.2) is 42.5 Å². The first kappa shape index (κ1) is 9.81. The molecular weight excluding hydrogens is 243 g/mol. The maximum absolute atomic E-state index is 7.68. The van der Waals surface area contributed by atoms with Crippen molar-refractivity contribution in [1.29, 1.82) is 0 Å². The van der Waals surface area contributed by atoms with Crippen LogP contribution in [0.4, 0.5) is 11.5 Å². The molecule has 0 bridgehead atoms. The maximum atomic E-state index is 7.68. The highest BCUT2D eigenvalue weighted by molar-refractivity contribution is 6.69. The molecule has 0 radical (unpaired) electrons. The van der Waals surface area contributed by atoms with Gasteiger partial charge in [0.25, 0.3) is 5.82 Å². The summed E-state index contributed by atoms with van der Waals surface area (Å²) in [7, 11) is 1.90. The Morgan fingerprint density at radius 2 is 2.05 bits per heavy atom. The molecule has 0 amide bonds. The lowest BCUT2D eigenvalue weighted by Gasteiger charge is -2.26. The zero-order valence-corrected chi connectivity index (χ0v) is 12.1. The molecule has 2 heterocycles. The number of rotatable bonds is 1. The molecule has 3 rings (SSSR count). The highest BCUT2D eigenvalue weighted by atomic mass is 15.2. The third-order valence-electron chi connectivity index (χ3n) is 3.86. The Hall–Kier alpha value is -2.03. The van der Waals surface area contributed by atoms with Crippen LogP contribution in [-0.4, -0.2) is 6.85 Å². The second-order valence-electron chi connectivity index (χ2n) is 5.37. The summed E-state index contributed by atoms with van der Waals surface area (Å²) in [6.45, 7) is 2.11. The van der Waals surface area contributed by atoms with Gasteiger partial charge in [-0.05, 0) is 37.8 Å². The molecule has 0 unspecified atom stereocenters. The summed E-state index contributed by atoms with van der Waals surface area (Å²) < 4.78 is 24.9. The molecule has 0 aliphatic carbocycles. The Bertz CT molecular complexity index is 784. The maximum Gasteiger partial charge on any atom is 0.402 e. The zero-order chi connectivity index (χ0) is 16.8. The number of aromatic nitrogens is 1. The van der Waals surface area contributed by atoms with E-state index in [9.17, 15) is 0 Å². The fourth-order valence-corrected chi connectivity index (χ4v) is 2.70. The van der Waals surface area contributed by atoms with Crippen molar-refractivity contribution < 1.29 is 8.68 Å². The van der Waals surface area contributed by atoms with Crippen molar-refractivity contribution in [3.8, 4) is 0 Å². The van der Waals surface area contributed by atoms with Crippen molar-refractivity contribution in [3.05, 3.63) is 59.2 Å². The molecule has 0 spiro atoms. The molecule has 0 atom stereocenters. The number of aryl methyl sites for hydroxylation is 3. The minimum atomic E-state index is -2.09. The predicted octanol–water partition coefficient (Wildman–Crippen LogP) is 3.45. The zero-order valence-electron chi connectivity index (χ0n) is 15.1. The van der Waals surface area contributed by atoms with Crippen LogP contribution in [0.2, 0.25) is 6.82 Å². The predicted molar refractivity (Wildman–Crippen MR) is 86.3 cm³/mol. The normalized spacial score (nSPS) is 16.4. The quantitative estimate of drug-likeness (QED) is 0.566. The van der Waals surface area contributed by atoms with Crippen LogP contribution >= 0.6 is 0 Å². The van der Waals surface area contributed by atoms with E-state index in [4.69, 9.17) is 4.11 Å². The standard InChI is InChI=1S/C17H20BN2/c1-13-11-17(19(4)12-14(13)2)20-16-8-6-5-7-15(16)9-10-18(20)3/h5-12H,1-4H3/q+1/i2D3. The van der Waals surface area contributed by atoms with Crippen molar-refractivity contribution >= 4 is 24.4 Å². The molecule has 1 aliphatic rings. The van der Waals surface area contributed by atoms with E-state index in [1.54, 1.807) is 6.20 Å². The van der Waals surface area contributed by atoms with Gasteiger partial charge in [-0.2, -0.15) is 0 Å². The van der Waals surface area contributed by atoms with Gasteiger partial charge in [0.1, 0.15) is 5.69 Å². The first-order valence-electron chi connectivity index (χ1n) is 8.36. The van der Waals surface area contributed by atoms with E-state index < -0.39 is 6.85 Å². The van der Waals surface area contributed by atoms with Gasteiger partial charge in [-0.3, -0.25) is 4.81 Å². The summed E-state index contributed by atoms with van der Waals surface area (Å²) in [6.07, 6.45) is 3.87. The Balaban J connectivity index is 2.16. The molecule has 0 fully saturated rings. The Morgan fingerprint density at radius 1 is 1.25 bits per heavy atom. The summed E-state index contributed by atoms with van der Waals surface area (Å²) in [6, 6.07) is 10.2. The van der Waals surface area contributed by atoms with E-state index in [1.165, 1.54) is 5.56 Å². The van der Waals surface area contributed by atoms with Crippen molar-refractivity contribution in [2.45, 2.75) is 20.6 Å². The minimum Gasteiger partial charge on any atom is -0.287 e. The first-order valence-corrected chi connectivity index (χ1v) is 6.86. The van der Waals surface area contributed by atoms with E-state index in [0.717, 1.165) is 17.1 Å². The van der Waals surface area contributed by atoms with E-state index in [1.807, 2.05) is 36.7 Å². The lowest BCUT2D eigenvalue weighted by atomic mass is 9.60. The number of benzene rings is 1. The van der Waals surface area contributed by atoms with Gasteiger partial charge < -0.3 is 0 Å². The Morgan fingerprint density at radius 3 is 2.85 bits per heavy atom.